The van der Waals surface area contributed by atoms with Crippen LogP contribution >= 0.6 is 23.2 Å². The molecule has 0 N–H and O–H groups in total. The van der Waals surface area contributed by atoms with Gasteiger partial charge in [0.1, 0.15) is 0 Å². The summed E-state index contributed by atoms with van der Waals surface area (Å²) in [6.07, 6.45) is -5.46. The van der Waals surface area contributed by atoms with Crippen molar-refractivity contribution in [2.45, 2.75) is 11.3 Å². The number of alkyl halides is 5. The zero-order valence-electron chi connectivity index (χ0n) is 4.18. The van der Waals surface area contributed by atoms with E-state index in [1.165, 1.54) is 0 Å². The highest BCUT2D eigenvalue weighted by molar-refractivity contribution is 6.70. The molecule has 0 amide bonds. The van der Waals surface area contributed by atoms with Crippen molar-refractivity contribution in [1.82, 2.24) is 0 Å². The molecule has 0 aliphatic carbocycles. The molecule has 0 spiro atoms. The molecule has 7 heteroatoms. The Hall–Kier alpha value is -0.0300. The van der Waals surface area contributed by atoms with E-state index in [1.807, 2.05) is 0 Å². The highest BCUT2D eigenvalue weighted by atomic mass is 35.5. The normalized spacial score (nSPS) is 18.2. The van der Waals surface area contributed by atoms with E-state index >= 15 is 0 Å². The molecule has 0 radical (unpaired) electrons. The van der Waals surface area contributed by atoms with Crippen molar-refractivity contribution in [1.29, 1.82) is 0 Å². The Bertz CT molecular complexity index is 151. The minimum Gasteiger partial charge on any atom is -0.276 e. The maximum absolute atomic E-state index is 11.9. The second-order valence-corrected chi connectivity index (χ2v) is 2.21. The lowest BCUT2D eigenvalue weighted by Crippen LogP contribution is -2.40. The van der Waals surface area contributed by atoms with Gasteiger partial charge in [-0.2, -0.15) is 13.2 Å². The lowest BCUT2D eigenvalue weighted by molar-refractivity contribution is -0.195. The SMILES string of the molecule is O=C(Cl)[C@](F)(Cl)C(F)(F)F. The van der Waals surface area contributed by atoms with E-state index in [4.69, 9.17) is 0 Å². The van der Waals surface area contributed by atoms with E-state index in [2.05, 4.69) is 23.2 Å². The van der Waals surface area contributed by atoms with Crippen LogP contribution < -0.4 is 0 Å². The third-order valence-corrected chi connectivity index (χ3v) is 1.35. The highest BCUT2D eigenvalue weighted by Gasteiger charge is 2.60. The van der Waals surface area contributed by atoms with Crippen LogP contribution in [0.5, 0.6) is 0 Å². The summed E-state index contributed by atoms with van der Waals surface area (Å²) in [5, 5.41) is -6.75. The van der Waals surface area contributed by atoms with Crippen LogP contribution in [-0.4, -0.2) is 16.5 Å². The third-order valence-electron chi connectivity index (χ3n) is 0.603. The molecule has 60 valence electrons. The number of halogens is 6. The van der Waals surface area contributed by atoms with E-state index in [0.29, 0.717) is 0 Å². The van der Waals surface area contributed by atoms with Crippen molar-refractivity contribution in [2.75, 3.05) is 0 Å². The summed E-state index contributed by atoms with van der Waals surface area (Å²) in [5.74, 6) is 0. The third kappa shape index (κ3) is 1.73. The number of carbonyl (C=O) groups is 1. The number of rotatable bonds is 1. The number of hydrogen-bond donors (Lipinski definition) is 0. The smallest absolute Gasteiger partial charge is 0.276 e. The maximum Gasteiger partial charge on any atom is 0.446 e. The standard InChI is InChI=1S/C3Cl2F4O/c4-1(10)2(5,6)3(7,8)9/t2-/m1/s1. The lowest BCUT2D eigenvalue weighted by atomic mass is 10.4. The van der Waals surface area contributed by atoms with Crippen LogP contribution in [0.4, 0.5) is 17.6 Å². The first kappa shape index (κ1) is 9.97. The van der Waals surface area contributed by atoms with Crippen molar-refractivity contribution in [3.05, 3.63) is 0 Å². The van der Waals surface area contributed by atoms with Crippen molar-refractivity contribution in [2.24, 2.45) is 0 Å². The van der Waals surface area contributed by atoms with Gasteiger partial charge in [0.25, 0.3) is 5.24 Å². The zero-order valence-corrected chi connectivity index (χ0v) is 5.69. The Kier molecular flexibility index (Phi) is 2.53. The second-order valence-electron chi connectivity index (χ2n) is 1.35. The minimum absolute atomic E-state index is 2.29. The van der Waals surface area contributed by atoms with Gasteiger partial charge in [-0.3, -0.25) is 4.79 Å². The second kappa shape index (κ2) is 2.54. The van der Waals surface area contributed by atoms with Crippen molar-refractivity contribution in [3.8, 4) is 0 Å². The Balaban J connectivity index is 4.57. The van der Waals surface area contributed by atoms with E-state index in [1.54, 1.807) is 0 Å². The molecule has 0 aromatic rings. The van der Waals surface area contributed by atoms with Crippen molar-refractivity contribution < 1.29 is 22.4 Å². The average Bonchev–Trinajstić information content (AvgIpc) is 1.62. The number of carbonyl (C=O) groups excluding carboxylic acids is 1. The predicted molar refractivity (Wildman–Crippen MR) is 26.6 cm³/mol. The summed E-state index contributed by atoms with van der Waals surface area (Å²) in [6, 6.07) is 0. The van der Waals surface area contributed by atoms with Gasteiger partial charge in [0, 0.05) is 0 Å². The van der Waals surface area contributed by atoms with Crippen LogP contribution in [0.3, 0.4) is 0 Å². The van der Waals surface area contributed by atoms with Crippen LogP contribution in [0.2, 0.25) is 0 Å². The Morgan fingerprint density at radius 3 is 1.50 bits per heavy atom. The average molecular weight is 199 g/mol. The fraction of sp³-hybridized carbons (Fsp3) is 0.667. The summed E-state index contributed by atoms with van der Waals surface area (Å²) < 4.78 is 45.7. The topological polar surface area (TPSA) is 17.1 Å². The number of hydrogen-bond acceptors (Lipinski definition) is 1. The molecule has 0 aliphatic heterocycles. The van der Waals surface area contributed by atoms with Crippen LogP contribution in [0.1, 0.15) is 0 Å². The van der Waals surface area contributed by atoms with Crippen molar-refractivity contribution in [3.63, 3.8) is 0 Å². The van der Waals surface area contributed by atoms with E-state index in [9.17, 15) is 22.4 Å². The van der Waals surface area contributed by atoms with Gasteiger partial charge in [-0.05, 0) is 11.6 Å². The summed E-state index contributed by atoms with van der Waals surface area (Å²) >= 11 is 8.26. The first-order valence-corrected chi connectivity index (χ1v) is 2.59. The highest BCUT2D eigenvalue weighted by Crippen LogP contribution is 2.39. The first-order chi connectivity index (χ1) is 4.19. The first-order valence-electron chi connectivity index (χ1n) is 1.84. The van der Waals surface area contributed by atoms with E-state index in [0.717, 1.165) is 0 Å². The Morgan fingerprint density at radius 2 is 1.50 bits per heavy atom. The molecule has 0 aliphatic rings. The maximum atomic E-state index is 11.9. The fourth-order valence-electron chi connectivity index (χ4n) is 0.111. The molecule has 0 aromatic carbocycles. The van der Waals surface area contributed by atoms with Crippen LogP contribution in [0.25, 0.3) is 0 Å². The quantitative estimate of drug-likeness (QED) is 0.359. The molecular formula is C3Cl2F4O. The van der Waals surface area contributed by atoms with Gasteiger partial charge in [0.15, 0.2) is 0 Å². The lowest BCUT2D eigenvalue weighted by Gasteiger charge is -2.15. The van der Waals surface area contributed by atoms with E-state index in [-0.39, 0.29) is 0 Å². The molecule has 0 bridgehead atoms. The van der Waals surface area contributed by atoms with Gasteiger partial charge in [0.2, 0.25) is 0 Å². The fourth-order valence-corrected chi connectivity index (χ4v) is 0.219. The van der Waals surface area contributed by atoms with Crippen LogP contribution in [0, 0.1) is 0 Å². The van der Waals surface area contributed by atoms with Gasteiger partial charge in [-0.1, -0.05) is 11.6 Å². The monoisotopic (exact) mass is 198 g/mol. The molecular weight excluding hydrogens is 199 g/mol. The molecule has 0 fully saturated rings. The minimum atomic E-state index is -5.46. The molecule has 0 heterocycles. The van der Waals surface area contributed by atoms with Crippen LogP contribution in [0.15, 0.2) is 0 Å². The Morgan fingerprint density at radius 1 is 1.20 bits per heavy atom. The van der Waals surface area contributed by atoms with Gasteiger partial charge in [-0.25, -0.2) is 4.39 Å². The van der Waals surface area contributed by atoms with Crippen molar-refractivity contribution >= 4 is 28.4 Å². The molecule has 0 aromatic heterocycles. The zero-order chi connectivity index (χ0) is 8.58. The Labute approximate surface area is 62.9 Å². The van der Waals surface area contributed by atoms with Gasteiger partial charge >= 0.3 is 11.3 Å². The van der Waals surface area contributed by atoms with Crippen LogP contribution in [-0.2, 0) is 4.79 Å². The molecule has 0 saturated carbocycles. The summed E-state index contributed by atoms with van der Waals surface area (Å²) in [7, 11) is 0. The van der Waals surface area contributed by atoms with Gasteiger partial charge in [0.05, 0.1) is 0 Å². The molecule has 1 nitrogen and oxygen atoms in total. The molecule has 0 saturated heterocycles. The predicted octanol–water partition coefficient (Wildman–Crippen LogP) is 2.22. The molecule has 0 rings (SSSR count). The molecule has 10 heavy (non-hydrogen) atoms. The summed E-state index contributed by atoms with van der Waals surface area (Å²) in [5.41, 5.74) is 0. The van der Waals surface area contributed by atoms with Gasteiger partial charge < -0.3 is 0 Å². The van der Waals surface area contributed by atoms with E-state index < -0.39 is 16.5 Å². The largest absolute Gasteiger partial charge is 0.446 e. The van der Waals surface area contributed by atoms with Gasteiger partial charge in [-0.15, -0.1) is 0 Å². The molecule has 1 atom stereocenters. The summed E-state index contributed by atoms with van der Waals surface area (Å²) in [6.45, 7) is 0. The molecule has 0 unspecified atom stereocenters. The summed E-state index contributed by atoms with van der Waals surface area (Å²) in [4.78, 5) is 9.65.